The number of unbranched alkanes of at least 4 members (excludes halogenated alkanes) is 5. The molecule has 0 atom stereocenters. The van der Waals surface area contributed by atoms with Crippen LogP contribution in [0.15, 0.2) is 0 Å². The van der Waals surface area contributed by atoms with Gasteiger partial charge in [0.2, 0.25) is 0 Å². The molecule has 0 unspecified atom stereocenters. The van der Waals surface area contributed by atoms with Gasteiger partial charge in [-0.3, -0.25) is 0 Å². The van der Waals surface area contributed by atoms with Crippen molar-refractivity contribution in [3.8, 4) is 0 Å². The first-order valence-electron chi connectivity index (χ1n) is 5.28. The molecule has 0 aromatic rings. The minimum atomic E-state index is 0.929. The third-order valence-corrected chi connectivity index (χ3v) is 1.89. The van der Waals surface area contributed by atoms with Crippen molar-refractivity contribution in [2.75, 3.05) is 13.2 Å². The molecular weight excluding hydrogens is 148 g/mol. The van der Waals surface area contributed by atoms with Crippen molar-refractivity contribution in [1.29, 1.82) is 0 Å². The fourth-order valence-corrected chi connectivity index (χ4v) is 1.16. The Bertz CT molecular complexity index is 61.4. The van der Waals surface area contributed by atoms with Crippen LogP contribution < -0.4 is 0 Å². The maximum Gasteiger partial charge on any atom is 0.0466 e. The van der Waals surface area contributed by atoms with Crippen LogP contribution in [0, 0.1) is 6.92 Å². The Labute approximate surface area is 77.5 Å². The molecule has 0 N–H and O–H groups in total. The SMILES string of the molecule is [CH2]CCCCCCCOCCC. The number of hydrogen-bond donors (Lipinski definition) is 0. The maximum atomic E-state index is 5.38. The largest absolute Gasteiger partial charge is 0.381 e. The summed E-state index contributed by atoms with van der Waals surface area (Å²) in [4.78, 5) is 0. The summed E-state index contributed by atoms with van der Waals surface area (Å²) in [5.41, 5.74) is 0. The van der Waals surface area contributed by atoms with E-state index in [4.69, 9.17) is 4.74 Å². The molecule has 0 aliphatic carbocycles. The van der Waals surface area contributed by atoms with Gasteiger partial charge in [-0.2, -0.15) is 0 Å². The van der Waals surface area contributed by atoms with Gasteiger partial charge >= 0.3 is 0 Å². The zero-order chi connectivity index (χ0) is 9.07. The normalized spacial score (nSPS) is 10.5. The molecule has 0 rings (SSSR count). The standard InChI is InChI=1S/C11H23O/c1-3-5-6-7-8-9-11-12-10-4-2/h1,3-11H2,2H3. The summed E-state index contributed by atoms with van der Waals surface area (Å²) in [5, 5.41) is 0. The van der Waals surface area contributed by atoms with E-state index in [-0.39, 0.29) is 0 Å². The second-order valence-electron chi connectivity index (χ2n) is 3.23. The molecule has 12 heavy (non-hydrogen) atoms. The highest BCUT2D eigenvalue weighted by Gasteiger charge is 1.89. The first-order valence-corrected chi connectivity index (χ1v) is 5.28. The van der Waals surface area contributed by atoms with Crippen LogP contribution in [0.2, 0.25) is 0 Å². The van der Waals surface area contributed by atoms with E-state index in [0.29, 0.717) is 0 Å². The van der Waals surface area contributed by atoms with E-state index in [1.807, 2.05) is 0 Å². The predicted octanol–water partition coefficient (Wildman–Crippen LogP) is 3.59. The molecule has 0 bridgehead atoms. The first kappa shape index (κ1) is 12.0. The average Bonchev–Trinajstić information content (AvgIpc) is 2.10. The monoisotopic (exact) mass is 171 g/mol. The summed E-state index contributed by atoms with van der Waals surface area (Å²) >= 11 is 0. The van der Waals surface area contributed by atoms with Crippen molar-refractivity contribution in [2.24, 2.45) is 0 Å². The average molecular weight is 171 g/mol. The molecule has 0 heterocycles. The summed E-state index contributed by atoms with van der Waals surface area (Å²) in [7, 11) is 0. The summed E-state index contributed by atoms with van der Waals surface area (Å²) in [5.74, 6) is 0. The van der Waals surface area contributed by atoms with E-state index in [9.17, 15) is 0 Å². The highest BCUT2D eigenvalue weighted by atomic mass is 16.5. The summed E-state index contributed by atoms with van der Waals surface area (Å²) in [6.07, 6.45) is 8.77. The van der Waals surface area contributed by atoms with Gasteiger partial charge in [0, 0.05) is 13.2 Å². The lowest BCUT2D eigenvalue weighted by atomic mass is 10.1. The Kier molecular flexibility index (Phi) is 10.9. The van der Waals surface area contributed by atoms with Crippen molar-refractivity contribution in [2.45, 2.75) is 51.9 Å². The summed E-state index contributed by atoms with van der Waals surface area (Å²) in [6.45, 7) is 7.85. The first-order chi connectivity index (χ1) is 5.91. The molecule has 0 aliphatic heterocycles. The van der Waals surface area contributed by atoms with Crippen LogP contribution in [0.25, 0.3) is 0 Å². The molecule has 0 fully saturated rings. The van der Waals surface area contributed by atoms with Gasteiger partial charge < -0.3 is 4.74 Å². The lowest BCUT2D eigenvalue weighted by Crippen LogP contribution is -1.95. The van der Waals surface area contributed by atoms with E-state index >= 15 is 0 Å². The van der Waals surface area contributed by atoms with Crippen LogP contribution in [-0.2, 0) is 4.74 Å². The fourth-order valence-electron chi connectivity index (χ4n) is 1.16. The molecule has 0 aliphatic rings. The fraction of sp³-hybridized carbons (Fsp3) is 0.909. The van der Waals surface area contributed by atoms with Gasteiger partial charge in [-0.25, -0.2) is 0 Å². The van der Waals surface area contributed by atoms with Gasteiger partial charge in [0.15, 0.2) is 0 Å². The Morgan fingerprint density at radius 2 is 1.58 bits per heavy atom. The van der Waals surface area contributed by atoms with Gasteiger partial charge in [0.1, 0.15) is 0 Å². The molecule has 0 amide bonds. The molecule has 0 aromatic heterocycles. The summed E-state index contributed by atoms with van der Waals surface area (Å²) in [6, 6.07) is 0. The van der Waals surface area contributed by atoms with Gasteiger partial charge in [0.05, 0.1) is 0 Å². The van der Waals surface area contributed by atoms with Crippen LogP contribution in [0.5, 0.6) is 0 Å². The summed E-state index contributed by atoms with van der Waals surface area (Å²) < 4.78 is 5.38. The minimum Gasteiger partial charge on any atom is -0.381 e. The number of hydrogen-bond acceptors (Lipinski definition) is 1. The molecule has 0 saturated heterocycles. The molecule has 73 valence electrons. The predicted molar refractivity (Wildman–Crippen MR) is 54.2 cm³/mol. The number of rotatable bonds is 9. The lowest BCUT2D eigenvalue weighted by molar-refractivity contribution is 0.130. The topological polar surface area (TPSA) is 9.23 Å². The molecule has 0 saturated carbocycles. The van der Waals surface area contributed by atoms with Crippen LogP contribution >= 0.6 is 0 Å². The lowest BCUT2D eigenvalue weighted by Gasteiger charge is -2.01. The quantitative estimate of drug-likeness (QED) is 0.482. The highest BCUT2D eigenvalue weighted by molar-refractivity contribution is 4.45. The zero-order valence-corrected chi connectivity index (χ0v) is 8.48. The Hall–Kier alpha value is -0.0400. The van der Waals surface area contributed by atoms with E-state index in [2.05, 4.69) is 13.8 Å². The maximum absolute atomic E-state index is 5.38. The Morgan fingerprint density at radius 1 is 0.917 bits per heavy atom. The van der Waals surface area contributed by atoms with E-state index in [0.717, 1.165) is 26.1 Å². The molecule has 1 nitrogen and oxygen atoms in total. The van der Waals surface area contributed by atoms with E-state index in [1.165, 1.54) is 32.1 Å². The van der Waals surface area contributed by atoms with Gasteiger partial charge in [-0.15, -0.1) is 0 Å². The smallest absolute Gasteiger partial charge is 0.0466 e. The zero-order valence-electron chi connectivity index (χ0n) is 8.48. The van der Waals surface area contributed by atoms with Crippen molar-refractivity contribution in [3.05, 3.63) is 6.92 Å². The Morgan fingerprint density at radius 3 is 2.25 bits per heavy atom. The van der Waals surface area contributed by atoms with Crippen molar-refractivity contribution in [3.63, 3.8) is 0 Å². The second-order valence-corrected chi connectivity index (χ2v) is 3.23. The molecule has 1 radical (unpaired) electrons. The van der Waals surface area contributed by atoms with Crippen LogP contribution in [0.1, 0.15) is 51.9 Å². The van der Waals surface area contributed by atoms with Gasteiger partial charge in [0.25, 0.3) is 0 Å². The molecule has 1 heteroatoms. The van der Waals surface area contributed by atoms with Crippen LogP contribution in [0.4, 0.5) is 0 Å². The van der Waals surface area contributed by atoms with Crippen LogP contribution in [-0.4, -0.2) is 13.2 Å². The third kappa shape index (κ3) is 9.96. The highest BCUT2D eigenvalue weighted by Crippen LogP contribution is 2.04. The van der Waals surface area contributed by atoms with Crippen molar-refractivity contribution < 1.29 is 4.74 Å². The Balaban J connectivity index is 2.73. The van der Waals surface area contributed by atoms with Crippen molar-refractivity contribution >= 4 is 0 Å². The van der Waals surface area contributed by atoms with Gasteiger partial charge in [-0.1, -0.05) is 46.0 Å². The molecular formula is C11H23O. The van der Waals surface area contributed by atoms with E-state index in [1.54, 1.807) is 0 Å². The van der Waals surface area contributed by atoms with Gasteiger partial charge in [-0.05, 0) is 12.8 Å². The second kappa shape index (κ2) is 11.0. The molecule has 0 spiro atoms. The van der Waals surface area contributed by atoms with Crippen LogP contribution in [0.3, 0.4) is 0 Å². The number of ether oxygens (including phenoxy) is 1. The molecule has 0 aromatic carbocycles. The minimum absolute atomic E-state index is 0.929. The van der Waals surface area contributed by atoms with E-state index < -0.39 is 0 Å². The third-order valence-electron chi connectivity index (χ3n) is 1.89. The van der Waals surface area contributed by atoms with Crippen molar-refractivity contribution in [1.82, 2.24) is 0 Å².